The Hall–Kier alpha value is -1.12. The molecule has 0 aromatic heterocycles. The summed E-state index contributed by atoms with van der Waals surface area (Å²) in [4.78, 5) is 23.0. The highest BCUT2D eigenvalue weighted by molar-refractivity contribution is 5.84. The van der Waals surface area contributed by atoms with Gasteiger partial charge < -0.3 is 4.74 Å². The van der Waals surface area contributed by atoms with Gasteiger partial charge in [-0.2, -0.15) is 0 Å². The zero-order valence-corrected chi connectivity index (χ0v) is 9.57. The SMILES string of the molecule is [2H]C([2H])([2H])C/C=C\C[C@H]1C(=O)CC[C@@H]1CC(=O)OC. The first-order valence-electron chi connectivity index (χ1n) is 7.08. The lowest BCUT2D eigenvalue weighted by Crippen LogP contribution is -2.18. The predicted molar refractivity (Wildman–Crippen MR) is 61.9 cm³/mol. The van der Waals surface area contributed by atoms with Crippen LogP contribution in [0, 0.1) is 11.8 Å². The maximum Gasteiger partial charge on any atom is 0.305 e. The van der Waals surface area contributed by atoms with Gasteiger partial charge in [0.2, 0.25) is 0 Å². The van der Waals surface area contributed by atoms with Crippen LogP contribution in [0.15, 0.2) is 12.2 Å². The van der Waals surface area contributed by atoms with Crippen LogP contribution in [0.3, 0.4) is 0 Å². The molecule has 3 heteroatoms. The molecule has 0 N–H and O–H groups in total. The van der Waals surface area contributed by atoms with Crippen molar-refractivity contribution in [1.82, 2.24) is 0 Å². The van der Waals surface area contributed by atoms with Crippen LogP contribution in [0.5, 0.6) is 0 Å². The van der Waals surface area contributed by atoms with Gasteiger partial charge in [0.15, 0.2) is 0 Å². The van der Waals surface area contributed by atoms with E-state index in [0.717, 1.165) is 0 Å². The van der Waals surface area contributed by atoms with Crippen molar-refractivity contribution in [3.63, 3.8) is 0 Å². The summed E-state index contributed by atoms with van der Waals surface area (Å²) in [6.45, 7) is -1.97. The first kappa shape index (κ1) is 8.97. The summed E-state index contributed by atoms with van der Waals surface area (Å²) in [5, 5.41) is 0. The minimum atomic E-state index is -1.97. The van der Waals surface area contributed by atoms with Gasteiger partial charge in [-0.15, -0.1) is 0 Å². The van der Waals surface area contributed by atoms with Gasteiger partial charge >= 0.3 is 5.97 Å². The minimum Gasteiger partial charge on any atom is -0.469 e. The third kappa shape index (κ3) is 3.47. The number of esters is 1. The molecule has 0 saturated heterocycles. The van der Waals surface area contributed by atoms with Crippen LogP contribution < -0.4 is 0 Å². The molecule has 0 aromatic rings. The molecule has 0 heterocycles. The van der Waals surface area contributed by atoms with Gasteiger partial charge in [0.05, 0.1) is 7.11 Å². The van der Waals surface area contributed by atoms with E-state index >= 15 is 0 Å². The average Bonchev–Trinajstić information content (AvgIpc) is 2.65. The molecule has 0 amide bonds. The van der Waals surface area contributed by atoms with Crippen LogP contribution in [-0.4, -0.2) is 18.9 Å². The van der Waals surface area contributed by atoms with Gasteiger partial charge in [-0.3, -0.25) is 9.59 Å². The summed E-state index contributed by atoms with van der Waals surface area (Å²) in [7, 11) is 1.34. The highest BCUT2D eigenvalue weighted by Gasteiger charge is 2.34. The quantitative estimate of drug-likeness (QED) is 0.535. The molecule has 0 bridgehead atoms. The third-order valence-corrected chi connectivity index (χ3v) is 3.08. The first-order valence-corrected chi connectivity index (χ1v) is 5.58. The van der Waals surface area contributed by atoms with Crippen molar-refractivity contribution in [2.75, 3.05) is 7.11 Å². The minimum absolute atomic E-state index is 0.00950. The van der Waals surface area contributed by atoms with Crippen molar-refractivity contribution < 1.29 is 18.4 Å². The topological polar surface area (TPSA) is 43.4 Å². The second kappa shape index (κ2) is 6.46. The van der Waals surface area contributed by atoms with E-state index in [9.17, 15) is 9.59 Å². The molecule has 3 nitrogen and oxygen atoms in total. The fourth-order valence-corrected chi connectivity index (χ4v) is 2.17. The Kier molecular flexibility index (Phi) is 3.62. The molecule has 1 saturated carbocycles. The smallest absolute Gasteiger partial charge is 0.305 e. The molecule has 0 radical (unpaired) electrons. The van der Waals surface area contributed by atoms with Crippen LogP contribution in [-0.2, 0) is 14.3 Å². The van der Waals surface area contributed by atoms with Crippen LogP contribution in [0.25, 0.3) is 0 Å². The Morgan fingerprint density at radius 2 is 2.44 bits per heavy atom. The highest BCUT2D eigenvalue weighted by atomic mass is 16.5. The molecule has 16 heavy (non-hydrogen) atoms. The van der Waals surface area contributed by atoms with E-state index in [1.54, 1.807) is 12.2 Å². The number of carbonyl (C=O) groups is 2. The second-order valence-corrected chi connectivity index (χ2v) is 4.06. The largest absolute Gasteiger partial charge is 0.469 e. The molecule has 1 aliphatic rings. The second-order valence-electron chi connectivity index (χ2n) is 4.06. The Morgan fingerprint density at radius 1 is 1.62 bits per heavy atom. The number of allylic oxidation sites excluding steroid dienone is 2. The lowest BCUT2D eigenvalue weighted by molar-refractivity contribution is -0.142. The Balaban J connectivity index is 2.49. The van der Waals surface area contributed by atoms with Crippen LogP contribution in [0.4, 0.5) is 0 Å². The van der Waals surface area contributed by atoms with E-state index in [1.165, 1.54) is 7.11 Å². The average molecular weight is 227 g/mol. The van der Waals surface area contributed by atoms with Crippen molar-refractivity contribution in [3.05, 3.63) is 12.2 Å². The van der Waals surface area contributed by atoms with E-state index < -0.39 is 6.85 Å². The summed E-state index contributed by atoms with van der Waals surface area (Å²) in [6, 6.07) is 0. The highest BCUT2D eigenvalue weighted by Crippen LogP contribution is 2.34. The van der Waals surface area contributed by atoms with Gasteiger partial charge in [-0.05, 0) is 25.2 Å². The molecular formula is C13H20O3. The molecule has 0 aliphatic heterocycles. The van der Waals surface area contributed by atoms with Gasteiger partial charge in [-0.1, -0.05) is 19.0 Å². The van der Waals surface area contributed by atoms with E-state index in [0.29, 0.717) is 19.3 Å². The molecule has 1 fully saturated rings. The Bertz CT molecular complexity index is 361. The van der Waals surface area contributed by atoms with Gasteiger partial charge in [0, 0.05) is 22.9 Å². The Labute approximate surface area is 101 Å². The van der Waals surface area contributed by atoms with E-state index in [1.807, 2.05) is 0 Å². The fraction of sp³-hybridized carbons (Fsp3) is 0.692. The summed E-state index contributed by atoms with van der Waals surface area (Å²) in [6.07, 6.45) is 5.33. The van der Waals surface area contributed by atoms with Crippen molar-refractivity contribution in [2.24, 2.45) is 11.8 Å². The molecule has 1 aliphatic carbocycles. The van der Waals surface area contributed by atoms with E-state index in [2.05, 4.69) is 4.74 Å². The van der Waals surface area contributed by atoms with Gasteiger partial charge in [-0.25, -0.2) is 0 Å². The van der Waals surface area contributed by atoms with Crippen LogP contribution in [0.2, 0.25) is 0 Å². The zero-order chi connectivity index (χ0) is 14.5. The van der Waals surface area contributed by atoms with E-state index in [-0.39, 0.29) is 36.4 Å². The standard InChI is InChI=1S/C13H20O3/c1-3-4-5-6-11-10(7-8-12(11)14)9-13(15)16-2/h4-5,10-11H,3,6-9H2,1-2H3/b5-4-/t10-,11-/m1/s1/i1D3. The number of rotatable bonds is 5. The van der Waals surface area contributed by atoms with E-state index in [4.69, 9.17) is 4.11 Å². The lowest BCUT2D eigenvalue weighted by atomic mass is 9.89. The molecule has 0 spiro atoms. The number of carbonyl (C=O) groups excluding carboxylic acids is 2. The number of hydrogen-bond acceptors (Lipinski definition) is 3. The van der Waals surface area contributed by atoms with Crippen molar-refractivity contribution >= 4 is 11.8 Å². The summed E-state index contributed by atoms with van der Waals surface area (Å²) < 4.78 is 25.8. The summed E-state index contributed by atoms with van der Waals surface area (Å²) in [5.41, 5.74) is 0. The van der Waals surface area contributed by atoms with Gasteiger partial charge in [0.1, 0.15) is 5.78 Å². The molecular weight excluding hydrogens is 204 g/mol. The summed E-state index contributed by atoms with van der Waals surface area (Å²) >= 11 is 0. The van der Waals surface area contributed by atoms with Gasteiger partial charge in [0.25, 0.3) is 0 Å². The fourth-order valence-electron chi connectivity index (χ4n) is 2.17. The number of ether oxygens (including phenoxy) is 1. The summed E-state index contributed by atoms with van der Waals surface area (Å²) in [5.74, 6) is -0.284. The lowest BCUT2D eigenvalue weighted by Gasteiger charge is -2.15. The molecule has 2 atom stereocenters. The first-order chi connectivity index (χ1) is 8.83. The Morgan fingerprint density at radius 3 is 3.12 bits per heavy atom. The van der Waals surface area contributed by atoms with Crippen molar-refractivity contribution in [3.8, 4) is 0 Å². The maximum absolute atomic E-state index is 11.7. The maximum atomic E-state index is 11.7. The van der Waals surface area contributed by atoms with Crippen LogP contribution in [0.1, 0.15) is 43.1 Å². The number of Topliss-reactive ketones (excluding diaryl/α,β-unsaturated/α-hetero) is 1. The number of hydrogen-bond donors (Lipinski definition) is 0. The molecule has 1 rings (SSSR count). The van der Waals surface area contributed by atoms with Crippen LogP contribution >= 0.6 is 0 Å². The monoisotopic (exact) mass is 227 g/mol. The zero-order valence-electron chi connectivity index (χ0n) is 12.6. The molecule has 0 aromatic carbocycles. The normalized spacial score (nSPS) is 28.8. The third-order valence-electron chi connectivity index (χ3n) is 3.08. The van der Waals surface area contributed by atoms with Crippen molar-refractivity contribution in [2.45, 2.75) is 39.0 Å². The number of ketones is 1. The van der Waals surface area contributed by atoms with Crippen molar-refractivity contribution in [1.29, 1.82) is 0 Å². The molecule has 90 valence electrons. The molecule has 0 unspecified atom stereocenters. The predicted octanol–water partition coefficient (Wildman–Crippen LogP) is 2.50. The number of methoxy groups -OCH3 is 1.